The lowest BCUT2D eigenvalue weighted by molar-refractivity contribution is -0.129. The van der Waals surface area contributed by atoms with Crippen LogP contribution in [0.1, 0.15) is 61.5 Å². The Balaban J connectivity index is 1.40. The highest BCUT2D eigenvalue weighted by Crippen LogP contribution is 2.74. The molecular weight excluding hydrogens is 348 g/mol. The van der Waals surface area contributed by atoms with Gasteiger partial charge in [-0.05, 0) is 72.9 Å². The first-order chi connectivity index (χ1) is 13.6. The van der Waals surface area contributed by atoms with Gasteiger partial charge in [0.1, 0.15) is 17.3 Å². The molecule has 4 atom stereocenters. The number of rotatable bonds is 4. The quantitative estimate of drug-likeness (QED) is 0.707. The van der Waals surface area contributed by atoms with Gasteiger partial charge in [-0.25, -0.2) is 0 Å². The van der Waals surface area contributed by atoms with Crippen molar-refractivity contribution in [3.05, 3.63) is 59.7 Å². The van der Waals surface area contributed by atoms with Crippen molar-refractivity contribution in [2.24, 2.45) is 10.8 Å². The highest BCUT2D eigenvalue weighted by molar-refractivity contribution is 5.98. The van der Waals surface area contributed by atoms with Crippen molar-refractivity contribution in [1.82, 2.24) is 0 Å². The summed E-state index contributed by atoms with van der Waals surface area (Å²) in [6, 6.07) is 16.7. The van der Waals surface area contributed by atoms with Crippen LogP contribution < -0.4 is 9.47 Å². The molecule has 28 heavy (non-hydrogen) atoms. The van der Waals surface area contributed by atoms with E-state index in [4.69, 9.17) is 9.47 Å². The molecule has 2 aromatic rings. The van der Waals surface area contributed by atoms with Crippen molar-refractivity contribution in [3.63, 3.8) is 0 Å². The summed E-state index contributed by atoms with van der Waals surface area (Å²) < 4.78 is 10.6. The van der Waals surface area contributed by atoms with Crippen LogP contribution in [0, 0.1) is 10.8 Å². The predicted molar refractivity (Wildman–Crippen MR) is 109 cm³/mol. The van der Waals surface area contributed by atoms with E-state index >= 15 is 0 Å². The normalized spacial score (nSPS) is 33.6. The van der Waals surface area contributed by atoms with Gasteiger partial charge in [-0.1, -0.05) is 37.1 Å². The molecule has 0 amide bonds. The molecule has 3 heteroatoms. The maximum Gasteiger partial charge on any atom is 0.146 e. The van der Waals surface area contributed by atoms with Gasteiger partial charge in [0.25, 0.3) is 0 Å². The van der Waals surface area contributed by atoms with Crippen LogP contribution in [0.2, 0.25) is 0 Å². The van der Waals surface area contributed by atoms with Crippen LogP contribution in [0.25, 0.3) is 0 Å². The van der Waals surface area contributed by atoms with E-state index in [0.717, 1.165) is 37.2 Å². The Hall–Kier alpha value is -2.29. The summed E-state index contributed by atoms with van der Waals surface area (Å²) in [6.45, 7) is 0. The molecule has 5 rings (SSSR count). The second kappa shape index (κ2) is 6.37. The SMILES string of the molecule is COc1ccc(C2CC23CCCCC2(CC2c2ccc(OC)cc2)C3=O)cc1. The van der Waals surface area contributed by atoms with E-state index in [1.165, 1.54) is 24.0 Å². The molecule has 3 nitrogen and oxygen atoms in total. The van der Waals surface area contributed by atoms with Crippen LogP contribution in [0.15, 0.2) is 48.5 Å². The van der Waals surface area contributed by atoms with Crippen molar-refractivity contribution in [2.45, 2.75) is 50.4 Å². The number of carbonyl (C=O) groups is 1. The van der Waals surface area contributed by atoms with Crippen LogP contribution in [-0.4, -0.2) is 20.0 Å². The minimum absolute atomic E-state index is 0.119. The number of ketones is 1. The van der Waals surface area contributed by atoms with Gasteiger partial charge in [-0.15, -0.1) is 0 Å². The van der Waals surface area contributed by atoms with Gasteiger partial charge in [0.15, 0.2) is 0 Å². The Labute approximate surface area is 167 Å². The summed E-state index contributed by atoms with van der Waals surface area (Å²) in [6.07, 6.45) is 6.51. The van der Waals surface area contributed by atoms with Gasteiger partial charge in [0.05, 0.1) is 14.2 Å². The van der Waals surface area contributed by atoms with Gasteiger partial charge in [-0.2, -0.15) is 0 Å². The second-order valence-corrected chi connectivity index (χ2v) is 8.91. The summed E-state index contributed by atoms with van der Waals surface area (Å²) in [5.41, 5.74) is 2.36. The number of Topliss-reactive ketones (excluding diaryl/α,β-unsaturated/α-hetero) is 1. The van der Waals surface area contributed by atoms with E-state index in [0.29, 0.717) is 17.6 Å². The molecule has 2 aromatic carbocycles. The van der Waals surface area contributed by atoms with E-state index in [1.807, 2.05) is 24.3 Å². The largest absolute Gasteiger partial charge is 0.497 e. The molecule has 3 saturated carbocycles. The third-order valence-electron chi connectivity index (χ3n) is 7.59. The second-order valence-electron chi connectivity index (χ2n) is 8.91. The molecule has 3 aliphatic carbocycles. The number of hydrogen-bond acceptors (Lipinski definition) is 3. The van der Waals surface area contributed by atoms with E-state index in [1.54, 1.807) is 14.2 Å². The molecule has 0 bridgehead atoms. The number of carbonyl (C=O) groups excluding carboxylic acids is 1. The van der Waals surface area contributed by atoms with Gasteiger partial charge >= 0.3 is 0 Å². The van der Waals surface area contributed by atoms with Crippen molar-refractivity contribution in [1.29, 1.82) is 0 Å². The van der Waals surface area contributed by atoms with Crippen LogP contribution in [0.5, 0.6) is 11.5 Å². The van der Waals surface area contributed by atoms with Crippen LogP contribution in [-0.2, 0) is 4.79 Å². The summed E-state index contributed by atoms with van der Waals surface area (Å²) in [4.78, 5) is 13.9. The number of hydrogen-bond donors (Lipinski definition) is 0. The van der Waals surface area contributed by atoms with E-state index < -0.39 is 0 Å². The molecular formula is C25H28O3. The maximum atomic E-state index is 13.9. The lowest BCUT2D eigenvalue weighted by Gasteiger charge is -2.21. The van der Waals surface area contributed by atoms with Crippen molar-refractivity contribution < 1.29 is 14.3 Å². The summed E-state index contributed by atoms with van der Waals surface area (Å²) in [7, 11) is 3.39. The van der Waals surface area contributed by atoms with E-state index in [2.05, 4.69) is 24.3 Å². The van der Waals surface area contributed by atoms with Gasteiger partial charge in [0.2, 0.25) is 0 Å². The predicted octanol–water partition coefficient (Wildman–Crippen LogP) is 5.49. The Morgan fingerprint density at radius 3 is 1.46 bits per heavy atom. The monoisotopic (exact) mass is 376 g/mol. The summed E-state index contributed by atoms with van der Waals surface area (Å²) >= 11 is 0. The zero-order chi connectivity index (χ0) is 19.4. The fourth-order valence-electron chi connectivity index (χ4n) is 5.82. The average Bonchev–Trinajstić information content (AvgIpc) is 3.66. The Morgan fingerprint density at radius 2 is 1.11 bits per heavy atom. The number of methoxy groups -OCH3 is 2. The van der Waals surface area contributed by atoms with Crippen molar-refractivity contribution in [3.8, 4) is 11.5 Å². The maximum absolute atomic E-state index is 13.9. The standard InChI is InChI=1S/C25H28O3/c1-27-19-9-5-17(6-10-19)21-15-24(21)13-3-4-14-25(23(24)26)16-22(25)18-7-11-20(28-2)12-8-18/h5-12,21-22H,3-4,13-16H2,1-2H3. The lowest BCUT2D eigenvalue weighted by Crippen LogP contribution is -2.27. The smallest absolute Gasteiger partial charge is 0.146 e. The zero-order valence-electron chi connectivity index (χ0n) is 16.7. The van der Waals surface area contributed by atoms with Crippen molar-refractivity contribution in [2.75, 3.05) is 14.2 Å². The molecule has 0 radical (unpaired) electrons. The van der Waals surface area contributed by atoms with E-state index in [9.17, 15) is 4.79 Å². The van der Waals surface area contributed by atoms with E-state index in [-0.39, 0.29) is 10.8 Å². The first-order valence-electron chi connectivity index (χ1n) is 10.5. The molecule has 0 aromatic heterocycles. The fraction of sp³-hybridized carbons (Fsp3) is 0.480. The molecule has 2 spiro atoms. The van der Waals surface area contributed by atoms with Gasteiger partial charge < -0.3 is 9.47 Å². The summed E-state index contributed by atoms with van der Waals surface area (Å²) in [5, 5.41) is 0. The Bertz CT molecular complexity index is 812. The Morgan fingerprint density at radius 1 is 0.714 bits per heavy atom. The van der Waals surface area contributed by atoms with Crippen LogP contribution in [0.4, 0.5) is 0 Å². The first-order valence-corrected chi connectivity index (χ1v) is 10.5. The molecule has 3 aliphatic rings. The molecule has 0 N–H and O–H groups in total. The zero-order valence-corrected chi connectivity index (χ0v) is 16.7. The minimum Gasteiger partial charge on any atom is -0.497 e. The molecule has 3 fully saturated rings. The summed E-state index contributed by atoms with van der Waals surface area (Å²) in [5.74, 6) is 3.09. The third-order valence-corrected chi connectivity index (χ3v) is 7.59. The van der Waals surface area contributed by atoms with Gasteiger partial charge in [0, 0.05) is 10.8 Å². The van der Waals surface area contributed by atoms with Crippen LogP contribution in [0.3, 0.4) is 0 Å². The lowest BCUT2D eigenvalue weighted by atomic mass is 9.81. The van der Waals surface area contributed by atoms with Crippen LogP contribution >= 0.6 is 0 Å². The number of benzene rings is 2. The average molecular weight is 376 g/mol. The van der Waals surface area contributed by atoms with Gasteiger partial charge in [-0.3, -0.25) is 4.79 Å². The third kappa shape index (κ3) is 2.59. The Kier molecular flexibility index (Phi) is 4.04. The molecule has 0 aliphatic heterocycles. The topological polar surface area (TPSA) is 35.5 Å². The minimum atomic E-state index is -0.119. The molecule has 0 heterocycles. The number of ether oxygens (including phenoxy) is 2. The highest BCUT2D eigenvalue weighted by Gasteiger charge is 2.71. The fourth-order valence-corrected chi connectivity index (χ4v) is 5.82. The molecule has 4 unspecified atom stereocenters. The molecule has 0 saturated heterocycles. The highest BCUT2D eigenvalue weighted by atomic mass is 16.5. The first kappa shape index (κ1) is 17.8. The van der Waals surface area contributed by atoms with Crippen molar-refractivity contribution >= 4 is 5.78 Å². The molecule has 146 valence electrons.